The largest absolute Gasteiger partial charge is 0.398 e. The van der Waals surface area contributed by atoms with Gasteiger partial charge >= 0.3 is 0 Å². The highest BCUT2D eigenvalue weighted by Gasteiger charge is 2.24. The van der Waals surface area contributed by atoms with Crippen LogP contribution in [0.4, 0.5) is 10.1 Å². The lowest BCUT2D eigenvalue weighted by atomic mass is 9.76. The molecule has 82 valence electrons. The second-order valence-electron chi connectivity index (χ2n) is 4.64. The van der Waals surface area contributed by atoms with Gasteiger partial charge in [0.15, 0.2) is 0 Å². The molecule has 0 radical (unpaired) electrons. The molecule has 1 aromatic rings. The van der Waals surface area contributed by atoms with Crippen molar-refractivity contribution in [2.24, 2.45) is 5.92 Å². The van der Waals surface area contributed by atoms with E-state index in [2.05, 4.69) is 6.92 Å². The fourth-order valence-electron chi connectivity index (χ4n) is 2.66. The second-order valence-corrected chi connectivity index (χ2v) is 4.64. The van der Waals surface area contributed by atoms with Crippen molar-refractivity contribution in [3.63, 3.8) is 0 Å². The first-order valence-electron chi connectivity index (χ1n) is 5.73. The van der Waals surface area contributed by atoms with Crippen LogP contribution in [0.15, 0.2) is 18.2 Å². The Bertz CT molecular complexity index is 348. The second kappa shape index (κ2) is 4.21. The number of anilines is 1. The first kappa shape index (κ1) is 10.5. The maximum Gasteiger partial charge on any atom is 0.125 e. The van der Waals surface area contributed by atoms with Crippen LogP contribution in [0.25, 0.3) is 0 Å². The molecule has 0 aromatic heterocycles. The Morgan fingerprint density at radius 3 is 2.67 bits per heavy atom. The van der Waals surface area contributed by atoms with Crippen LogP contribution in [0.5, 0.6) is 0 Å². The molecule has 15 heavy (non-hydrogen) atoms. The van der Waals surface area contributed by atoms with Crippen LogP contribution in [0.1, 0.15) is 44.1 Å². The molecule has 0 aliphatic heterocycles. The zero-order chi connectivity index (χ0) is 10.8. The summed E-state index contributed by atoms with van der Waals surface area (Å²) in [5.41, 5.74) is 7.64. The molecule has 1 aliphatic carbocycles. The van der Waals surface area contributed by atoms with Gasteiger partial charge in [-0.15, -0.1) is 0 Å². The summed E-state index contributed by atoms with van der Waals surface area (Å²) in [6, 6.07) is 4.82. The molecule has 0 spiro atoms. The molecule has 2 atom stereocenters. The maximum atomic E-state index is 12.9. The molecule has 2 N–H and O–H groups in total. The van der Waals surface area contributed by atoms with Crippen LogP contribution in [0.3, 0.4) is 0 Å². The van der Waals surface area contributed by atoms with Gasteiger partial charge in [-0.25, -0.2) is 4.39 Å². The normalized spacial score (nSPS) is 26.5. The number of rotatable bonds is 1. The smallest absolute Gasteiger partial charge is 0.125 e. The lowest BCUT2D eigenvalue weighted by Gasteiger charge is -2.29. The van der Waals surface area contributed by atoms with E-state index in [1.54, 1.807) is 0 Å². The molecule has 0 heterocycles. The van der Waals surface area contributed by atoms with Crippen molar-refractivity contribution in [2.75, 3.05) is 5.73 Å². The number of nitrogen functional groups attached to an aromatic ring is 1. The van der Waals surface area contributed by atoms with E-state index in [1.807, 2.05) is 6.07 Å². The predicted octanol–water partition coefficient (Wildman–Crippen LogP) is 3.70. The van der Waals surface area contributed by atoms with Crippen molar-refractivity contribution in [3.05, 3.63) is 29.6 Å². The van der Waals surface area contributed by atoms with E-state index >= 15 is 0 Å². The molecule has 1 aliphatic rings. The van der Waals surface area contributed by atoms with Gasteiger partial charge in [0, 0.05) is 5.69 Å². The summed E-state index contributed by atoms with van der Waals surface area (Å²) in [6.07, 6.45) is 5.04. The van der Waals surface area contributed by atoms with Crippen LogP contribution in [0, 0.1) is 11.7 Å². The Morgan fingerprint density at radius 1 is 1.27 bits per heavy atom. The molecule has 1 nitrogen and oxygen atoms in total. The molecule has 1 fully saturated rings. The summed E-state index contributed by atoms with van der Waals surface area (Å²) >= 11 is 0. The Balaban J connectivity index is 2.27. The van der Waals surface area contributed by atoms with Crippen molar-refractivity contribution >= 4 is 5.69 Å². The first-order valence-corrected chi connectivity index (χ1v) is 5.73. The molecular weight excluding hydrogens is 189 g/mol. The van der Waals surface area contributed by atoms with Gasteiger partial charge in [0.05, 0.1) is 0 Å². The highest BCUT2D eigenvalue weighted by molar-refractivity contribution is 5.49. The SMILES string of the molecule is C[C@@H]1CCCC[C@H]1c1ccc(F)cc1N. The van der Waals surface area contributed by atoms with Crippen LogP contribution in [-0.4, -0.2) is 0 Å². The zero-order valence-electron chi connectivity index (χ0n) is 9.17. The molecule has 1 saturated carbocycles. The van der Waals surface area contributed by atoms with Crippen LogP contribution >= 0.6 is 0 Å². The summed E-state index contributed by atoms with van der Waals surface area (Å²) in [5.74, 6) is 0.963. The van der Waals surface area contributed by atoms with Gasteiger partial charge in [0.1, 0.15) is 5.82 Å². The maximum absolute atomic E-state index is 12.9. The van der Waals surface area contributed by atoms with E-state index < -0.39 is 0 Å². The zero-order valence-corrected chi connectivity index (χ0v) is 9.17. The molecule has 0 amide bonds. The lowest BCUT2D eigenvalue weighted by molar-refractivity contribution is 0.331. The minimum atomic E-state index is -0.236. The Kier molecular flexibility index (Phi) is 2.94. The number of hydrogen-bond donors (Lipinski definition) is 1. The summed E-state index contributed by atoms with van der Waals surface area (Å²) in [4.78, 5) is 0. The third-order valence-electron chi connectivity index (χ3n) is 3.56. The molecular formula is C13H18FN. The van der Waals surface area contributed by atoms with Crippen LogP contribution in [-0.2, 0) is 0 Å². The third kappa shape index (κ3) is 2.14. The summed E-state index contributed by atoms with van der Waals surface area (Å²) in [5, 5.41) is 0. The van der Waals surface area contributed by atoms with Gasteiger partial charge in [-0.05, 0) is 36.0 Å². The van der Waals surface area contributed by atoms with Crippen molar-refractivity contribution < 1.29 is 4.39 Å². The van der Waals surface area contributed by atoms with Crippen LogP contribution < -0.4 is 5.73 Å². The third-order valence-corrected chi connectivity index (χ3v) is 3.56. The number of nitrogens with two attached hydrogens (primary N) is 1. The molecule has 2 heteroatoms. The van der Waals surface area contributed by atoms with Crippen molar-refractivity contribution in [2.45, 2.75) is 38.5 Å². The quantitative estimate of drug-likeness (QED) is 0.698. The number of benzene rings is 1. The Labute approximate surface area is 90.5 Å². The fourth-order valence-corrected chi connectivity index (χ4v) is 2.66. The van der Waals surface area contributed by atoms with E-state index in [0.29, 0.717) is 17.5 Å². The van der Waals surface area contributed by atoms with E-state index in [-0.39, 0.29) is 5.82 Å². The number of hydrogen-bond acceptors (Lipinski definition) is 1. The summed E-state index contributed by atoms with van der Waals surface area (Å²) < 4.78 is 12.9. The summed E-state index contributed by atoms with van der Waals surface area (Å²) in [7, 11) is 0. The molecule has 0 bridgehead atoms. The van der Waals surface area contributed by atoms with Gasteiger partial charge in [0.25, 0.3) is 0 Å². The van der Waals surface area contributed by atoms with Crippen molar-refractivity contribution in [3.8, 4) is 0 Å². The highest BCUT2D eigenvalue weighted by atomic mass is 19.1. The minimum absolute atomic E-state index is 0.236. The van der Waals surface area contributed by atoms with E-state index in [9.17, 15) is 4.39 Å². The van der Waals surface area contributed by atoms with E-state index in [0.717, 1.165) is 5.56 Å². The average Bonchev–Trinajstić information content (AvgIpc) is 2.20. The standard InChI is InChI=1S/C13H18FN/c1-9-4-2-3-5-11(9)12-7-6-10(14)8-13(12)15/h6-9,11H,2-5,15H2,1H3/t9-,11-/m1/s1. The summed E-state index contributed by atoms with van der Waals surface area (Å²) in [6.45, 7) is 2.27. The van der Waals surface area contributed by atoms with E-state index in [1.165, 1.54) is 37.8 Å². The van der Waals surface area contributed by atoms with E-state index in [4.69, 9.17) is 5.73 Å². The molecule has 1 aromatic carbocycles. The van der Waals surface area contributed by atoms with Gasteiger partial charge in [-0.2, -0.15) is 0 Å². The highest BCUT2D eigenvalue weighted by Crippen LogP contribution is 2.39. The average molecular weight is 207 g/mol. The van der Waals surface area contributed by atoms with Gasteiger partial charge in [-0.3, -0.25) is 0 Å². The topological polar surface area (TPSA) is 26.0 Å². The molecule has 2 rings (SSSR count). The van der Waals surface area contributed by atoms with Gasteiger partial charge in [0.2, 0.25) is 0 Å². The Morgan fingerprint density at radius 2 is 2.00 bits per heavy atom. The minimum Gasteiger partial charge on any atom is -0.398 e. The molecule has 0 saturated heterocycles. The Hall–Kier alpha value is -1.05. The van der Waals surface area contributed by atoms with Crippen molar-refractivity contribution in [1.82, 2.24) is 0 Å². The monoisotopic (exact) mass is 207 g/mol. The van der Waals surface area contributed by atoms with Gasteiger partial charge < -0.3 is 5.73 Å². The fraction of sp³-hybridized carbons (Fsp3) is 0.538. The van der Waals surface area contributed by atoms with Crippen molar-refractivity contribution in [1.29, 1.82) is 0 Å². The van der Waals surface area contributed by atoms with Crippen LogP contribution in [0.2, 0.25) is 0 Å². The lowest BCUT2D eigenvalue weighted by Crippen LogP contribution is -2.16. The van der Waals surface area contributed by atoms with Gasteiger partial charge in [-0.1, -0.05) is 32.3 Å². The number of halogens is 1. The first-order chi connectivity index (χ1) is 7.18. The predicted molar refractivity (Wildman–Crippen MR) is 61.2 cm³/mol. The molecule has 0 unspecified atom stereocenters.